The zero-order valence-electron chi connectivity index (χ0n) is 10.3. The molecule has 0 spiro atoms. The van der Waals surface area contributed by atoms with E-state index in [1.807, 2.05) is 0 Å². The molecule has 0 fully saturated rings. The number of nitrogens with one attached hydrogen (secondary N) is 1. The number of rotatable bonds is 4. The molecule has 106 valence electrons. The van der Waals surface area contributed by atoms with Crippen LogP contribution >= 0.6 is 23.2 Å². The van der Waals surface area contributed by atoms with Gasteiger partial charge in [0.25, 0.3) is 10.0 Å². The smallest absolute Gasteiger partial charge is 0.261 e. The van der Waals surface area contributed by atoms with Crippen LogP contribution in [-0.2, 0) is 16.6 Å². The minimum absolute atomic E-state index is 0.0784. The van der Waals surface area contributed by atoms with Crippen LogP contribution in [0.1, 0.15) is 5.56 Å². The van der Waals surface area contributed by atoms with Gasteiger partial charge in [0.2, 0.25) is 0 Å². The van der Waals surface area contributed by atoms with Crippen LogP contribution in [0.5, 0.6) is 0 Å². The van der Waals surface area contributed by atoms with Crippen LogP contribution in [0.4, 0.5) is 5.69 Å². The third-order valence-corrected chi connectivity index (χ3v) is 4.63. The Morgan fingerprint density at radius 2 is 1.70 bits per heavy atom. The molecule has 0 aromatic heterocycles. The number of halogens is 2. The average molecular weight is 331 g/mol. The number of anilines is 1. The summed E-state index contributed by atoms with van der Waals surface area (Å²) in [6, 6.07) is 10.8. The molecule has 0 aliphatic carbocycles. The van der Waals surface area contributed by atoms with E-state index in [9.17, 15) is 8.42 Å². The second kappa shape index (κ2) is 6.01. The Balaban J connectivity index is 2.30. The summed E-state index contributed by atoms with van der Waals surface area (Å²) >= 11 is 11.7. The molecule has 0 radical (unpaired) electrons. The van der Waals surface area contributed by atoms with E-state index in [4.69, 9.17) is 28.9 Å². The summed E-state index contributed by atoms with van der Waals surface area (Å²) in [5, 5.41) is 0.856. The molecule has 7 heteroatoms. The van der Waals surface area contributed by atoms with Crippen molar-refractivity contribution in [3.8, 4) is 0 Å². The van der Waals surface area contributed by atoms with E-state index < -0.39 is 10.0 Å². The lowest BCUT2D eigenvalue weighted by Crippen LogP contribution is -2.13. The van der Waals surface area contributed by atoms with Gasteiger partial charge in [0.15, 0.2) is 0 Å². The molecule has 0 atom stereocenters. The molecule has 0 saturated carbocycles. The monoisotopic (exact) mass is 330 g/mol. The third kappa shape index (κ3) is 3.43. The SMILES string of the molecule is NCc1ccc(S(=O)(=O)Nc2ccc(Cl)cc2)cc1Cl. The second-order valence-electron chi connectivity index (χ2n) is 4.07. The normalized spacial score (nSPS) is 11.3. The lowest BCUT2D eigenvalue weighted by Gasteiger charge is -2.09. The summed E-state index contributed by atoms with van der Waals surface area (Å²) in [6.07, 6.45) is 0. The third-order valence-electron chi connectivity index (χ3n) is 2.65. The molecule has 3 N–H and O–H groups in total. The number of benzene rings is 2. The van der Waals surface area contributed by atoms with Crippen LogP contribution in [0, 0.1) is 0 Å². The van der Waals surface area contributed by atoms with Gasteiger partial charge in [0, 0.05) is 22.3 Å². The molecule has 0 heterocycles. The molecule has 0 saturated heterocycles. The molecule has 0 aliphatic heterocycles. The van der Waals surface area contributed by atoms with Crippen molar-refractivity contribution in [2.24, 2.45) is 5.73 Å². The Kier molecular flexibility index (Phi) is 4.55. The second-order valence-corrected chi connectivity index (χ2v) is 6.60. The van der Waals surface area contributed by atoms with Crippen LogP contribution in [-0.4, -0.2) is 8.42 Å². The van der Waals surface area contributed by atoms with Crippen LogP contribution in [0.3, 0.4) is 0 Å². The number of hydrogen-bond acceptors (Lipinski definition) is 3. The van der Waals surface area contributed by atoms with Gasteiger partial charge in [0.1, 0.15) is 0 Å². The van der Waals surface area contributed by atoms with Crippen molar-refractivity contribution in [3.63, 3.8) is 0 Å². The predicted octanol–water partition coefficient (Wildman–Crippen LogP) is 3.25. The van der Waals surface area contributed by atoms with Gasteiger partial charge in [-0.15, -0.1) is 0 Å². The Hall–Kier alpha value is -1.27. The molecule has 2 rings (SSSR count). The highest BCUT2D eigenvalue weighted by Crippen LogP contribution is 2.23. The molecule has 0 unspecified atom stereocenters. The van der Waals surface area contributed by atoms with E-state index in [2.05, 4.69) is 4.72 Å². The van der Waals surface area contributed by atoms with E-state index in [-0.39, 0.29) is 11.4 Å². The zero-order valence-corrected chi connectivity index (χ0v) is 12.6. The van der Waals surface area contributed by atoms with Crippen LogP contribution < -0.4 is 10.5 Å². The van der Waals surface area contributed by atoms with Crippen LogP contribution in [0.2, 0.25) is 10.0 Å². The van der Waals surface area contributed by atoms with Gasteiger partial charge < -0.3 is 5.73 Å². The number of sulfonamides is 1. The molecular formula is C13H12Cl2N2O2S. The Bertz CT molecular complexity index is 716. The van der Waals surface area contributed by atoms with Gasteiger partial charge in [-0.25, -0.2) is 8.42 Å². The van der Waals surface area contributed by atoms with Gasteiger partial charge in [0.05, 0.1) is 4.90 Å². The molecular weight excluding hydrogens is 319 g/mol. The highest BCUT2D eigenvalue weighted by molar-refractivity contribution is 7.92. The van der Waals surface area contributed by atoms with Gasteiger partial charge in [-0.05, 0) is 42.0 Å². The van der Waals surface area contributed by atoms with Gasteiger partial charge >= 0.3 is 0 Å². The van der Waals surface area contributed by atoms with Crippen molar-refractivity contribution >= 4 is 38.9 Å². The molecule has 4 nitrogen and oxygen atoms in total. The summed E-state index contributed by atoms with van der Waals surface area (Å²) in [5.74, 6) is 0. The molecule has 20 heavy (non-hydrogen) atoms. The highest BCUT2D eigenvalue weighted by Gasteiger charge is 2.15. The van der Waals surface area contributed by atoms with E-state index in [1.165, 1.54) is 12.1 Å². The first-order valence-corrected chi connectivity index (χ1v) is 7.93. The van der Waals surface area contributed by atoms with Crippen LogP contribution in [0.25, 0.3) is 0 Å². The summed E-state index contributed by atoms with van der Waals surface area (Å²) in [6.45, 7) is 0.254. The fraction of sp³-hybridized carbons (Fsp3) is 0.0769. The number of nitrogens with two attached hydrogens (primary N) is 1. The summed E-state index contributed by atoms with van der Waals surface area (Å²) in [7, 11) is -3.69. The Labute approximate surface area is 127 Å². The molecule has 2 aromatic rings. The van der Waals surface area contributed by atoms with Gasteiger partial charge in [-0.1, -0.05) is 29.3 Å². The topological polar surface area (TPSA) is 72.2 Å². The van der Waals surface area contributed by atoms with Crippen molar-refractivity contribution in [2.45, 2.75) is 11.4 Å². The average Bonchev–Trinajstić information content (AvgIpc) is 2.41. The largest absolute Gasteiger partial charge is 0.326 e. The van der Waals surface area contributed by atoms with Crippen molar-refractivity contribution in [3.05, 3.63) is 58.1 Å². The quantitative estimate of drug-likeness (QED) is 0.903. The van der Waals surface area contributed by atoms with Crippen molar-refractivity contribution in [1.29, 1.82) is 0 Å². The van der Waals surface area contributed by atoms with E-state index in [1.54, 1.807) is 30.3 Å². The molecule has 0 bridgehead atoms. The highest BCUT2D eigenvalue weighted by atomic mass is 35.5. The first-order valence-electron chi connectivity index (χ1n) is 5.69. The Morgan fingerprint density at radius 3 is 2.25 bits per heavy atom. The molecule has 0 amide bonds. The van der Waals surface area contributed by atoms with Crippen molar-refractivity contribution in [2.75, 3.05) is 4.72 Å². The zero-order chi connectivity index (χ0) is 14.8. The van der Waals surface area contributed by atoms with E-state index in [0.717, 1.165) is 0 Å². The molecule has 2 aromatic carbocycles. The maximum Gasteiger partial charge on any atom is 0.261 e. The first kappa shape index (κ1) is 15.1. The van der Waals surface area contributed by atoms with Crippen molar-refractivity contribution < 1.29 is 8.42 Å². The summed E-state index contributed by atoms with van der Waals surface area (Å²) < 4.78 is 26.9. The minimum Gasteiger partial charge on any atom is -0.326 e. The van der Waals surface area contributed by atoms with Crippen LogP contribution in [0.15, 0.2) is 47.4 Å². The first-order chi connectivity index (χ1) is 9.42. The molecule has 0 aliphatic rings. The minimum atomic E-state index is -3.69. The Morgan fingerprint density at radius 1 is 1.05 bits per heavy atom. The standard InChI is InChI=1S/C13H12Cl2N2O2S/c14-10-2-4-11(5-3-10)17-20(18,19)12-6-1-9(8-16)13(15)7-12/h1-7,17H,8,16H2. The summed E-state index contributed by atoms with van der Waals surface area (Å²) in [5.41, 5.74) is 6.60. The summed E-state index contributed by atoms with van der Waals surface area (Å²) in [4.78, 5) is 0.0784. The van der Waals surface area contributed by atoms with E-state index >= 15 is 0 Å². The maximum absolute atomic E-state index is 12.2. The fourth-order valence-electron chi connectivity index (χ4n) is 1.59. The van der Waals surface area contributed by atoms with Gasteiger partial charge in [-0.3, -0.25) is 4.72 Å². The fourth-order valence-corrected chi connectivity index (χ4v) is 3.13. The lowest BCUT2D eigenvalue weighted by molar-refractivity contribution is 0.601. The lowest BCUT2D eigenvalue weighted by atomic mass is 10.2. The predicted molar refractivity (Wildman–Crippen MR) is 81.6 cm³/mol. The number of hydrogen-bond donors (Lipinski definition) is 2. The maximum atomic E-state index is 12.2. The van der Waals surface area contributed by atoms with E-state index in [0.29, 0.717) is 21.3 Å². The van der Waals surface area contributed by atoms with Crippen molar-refractivity contribution in [1.82, 2.24) is 0 Å². The van der Waals surface area contributed by atoms with Gasteiger partial charge in [-0.2, -0.15) is 0 Å².